The second kappa shape index (κ2) is 13.2. The van der Waals surface area contributed by atoms with Crippen LogP contribution in [0.25, 0.3) is 99.7 Å². The molecule has 10 rings (SSSR count). The monoisotopic (exact) mass is 688 g/mol. The molecule has 0 heterocycles. The zero-order valence-electron chi connectivity index (χ0n) is 30.6. The number of hydrogen-bond donors (Lipinski definition) is 0. The molecule has 0 bridgehead atoms. The molecule has 0 spiro atoms. The zero-order valence-corrected chi connectivity index (χ0v) is 30.6. The van der Waals surface area contributed by atoms with Gasteiger partial charge >= 0.3 is 0 Å². The second-order valence-electron chi connectivity index (χ2n) is 14.6. The van der Waals surface area contributed by atoms with E-state index in [0.717, 1.165) is 19.3 Å². The maximum atomic E-state index is 4.21. The average Bonchev–Trinajstić information content (AvgIpc) is 3.24. The van der Waals surface area contributed by atoms with Gasteiger partial charge in [0.2, 0.25) is 0 Å². The predicted molar refractivity (Wildman–Crippen MR) is 235 cm³/mol. The van der Waals surface area contributed by atoms with Gasteiger partial charge in [-0.2, -0.15) is 0 Å². The lowest BCUT2D eigenvalue weighted by molar-refractivity contribution is 0.945. The van der Waals surface area contributed by atoms with Crippen LogP contribution in [0, 0.1) is 0 Å². The summed E-state index contributed by atoms with van der Waals surface area (Å²) < 4.78 is 0. The number of benzene rings is 9. The maximum Gasteiger partial charge on any atom is -0.00262 e. The lowest BCUT2D eigenvalue weighted by atomic mass is 9.82. The highest BCUT2D eigenvalue weighted by molar-refractivity contribution is 6.21. The van der Waals surface area contributed by atoms with Crippen LogP contribution >= 0.6 is 0 Å². The second-order valence-corrected chi connectivity index (χ2v) is 14.6. The lowest BCUT2D eigenvalue weighted by Gasteiger charge is -2.22. The molecular weight excluding hydrogens is 649 g/mol. The van der Waals surface area contributed by atoms with Crippen molar-refractivity contribution in [3.63, 3.8) is 0 Å². The Morgan fingerprint density at radius 2 is 1.07 bits per heavy atom. The van der Waals surface area contributed by atoms with E-state index in [2.05, 4.69) is 183 Å². The summed E-state index contributed by atoms with van der Waals surface area (Å²) in [6.45, 7) is 6.48. The Morgan fingerprint density at radius 3 is 1.74 bits per heavy atom. The molecule has 0 aromatic heterocycles. The summed E-state index contributed by atoms with van der Waals surface area (Å²) in [5.41, 5.74) is 15.6. The quantitative estimate of drug-likeness (QED) is 0.120. The van der Waals surface area contributed by atoms with E-state index in [0.29, 0.717) is 0 Å². The van der Waals surface area contributed by atoms with Gasteiger partial charge in [0.1, 0.15) is 0 Å². The van der Waals surface area contributed by atoms with Gasteiger partial charge in [-0.25, -0.2) is 0 Å². The first kappa shape index (κ1) is 32.2. The number of rotatable bonds is 6. The summed E-state index contributed by atoms with van der Waals surface area (Å²) in [6.07, 6.45) is 9.92. The minimum atomic E-state index is 1.02. The highest BCUT2D eigenvalue weighted by Crippen LogP contribution is 2.46. The largest absolute Gasteiger partial charge is 0.0985 e. The first-order valence-electron chi connectivity index (χ1n) is 19.2. The molecule has 0 aliphatic heterocycles. The van der Waals surface area contributed by atoms with Gasteiger partial charge in [0, 0.05) is 0 Å². The topological polar surface area (TPSA) is 0 Å². The first-order valence-corrected chi connectivity index (χ1v) is 19.2. The molecule has 0 unspecified atom stereocenters. The third-order valence-corrected chi connectivity index (χ3v) is 11.7. The molecule has 9 aromatic rings. The van der Waals surface area contributed by atoms with Crippen molar-refractivity contribution in [2.24, 2.45) is 0 Å². The van der Waals surface area contributed by atoms with Crippen LogP contribution in [0.3, 0.4) is 0 Å². The molecular formula is C54H40. The van der Waals surface area contributed by atoms with E-state index < -0.39 is 0 Å². The Balaban J connectivity index is 1.15. The fourth-order valence-electron chi connectivity index (χ4n) is 9.27. The molecule has 1 aliphatic carbocycles. The molecule has 256 valence electrons. The van der Waals surface area contributed by atoms with Crippen molar-refractivity contribution >= 4 is 55.2 Å². The van der Waals surface area contributed by atoms with Crippen LogP contribution in [0.2, 0.25) is 0 Å². The van der Waals surface area contributed by atoms with Crippen molar-refractivity contribution in [2.75, 3.05) is 0 Å². The molecule has 0 N–H and O–H groups in total. The maximum absolute atomic E-state index is 4.21. The Kier molecular flexibility index (Phi) is 7.85. The highest BCUT2D eigenvalue weighted by atomic mass is 14.2. The minimum absolute atomic E-state index is 1.02. The van der Waals surface area contributed by atoms with Crippen LogP contribution < -0.4 is 0 Å². The number of fused-ring (bicyclic) bond motifs is 6. The van der Waals surface area contributed by atoms with E-state index in [1.165, 1.54) is 110 Å². The van der Waals surface area contributed by atoms with Gasteiger partial charge in [-0.05, 0) is 147 Å². The molecule has 0 fully saturated rings. The molecule has 1 aliphatic rings. The van der Waals surface area contributed by atoms with Crippen LogP contribution in [0.1, 0.15) is 35.6 Å². The molecule has 0 amide bonds. The van der Waals surface area contributed by atoms with Gasteiger partial charge in [0.15, 0.2) is 0 Å². The SMILES string of the molecule is C=Cc1cc(-c2cccc(-c3c4ccccc4c(-c4ccc(-c5cc6ccccc6c6ccccc56)cc4)c4ccccc34)c2)c2c(c1CC)CCC=C2. The van der Waals surface area contributed by atoms with E-state index in [1.807, 2.05) is 6.08 Å². The Labute approximate surface area is 317 Å². The summed E-state index contributed by atoms with van der Waals surface area (Å²) >= 11 is 0. The summed E-state index contributed by atoms with van der Waals surface area (Å²) in [7, 11) is 0. The fourth-order valence-corrected chi connectivity index (χ4v) is 9.27. The van der Waals surface area contributed by atoms with Crippen LogP contribution in [-0.2, 0) is 12.8 Å². The van der Waals surface area contributed by atoms with Crippen molar-refractivity contribution in [1.29, 1.82) is 0 Å². The Bertz CT molecular complexity index is 2920. The summed E-state index contributed by atoms with van der Waals surface area (Å²) in [4.78, 5) is 0. The molecule has 0 saturated heterocycles. The van der Waals surface area contributed by atoms with E-state index in [4.69, 9.17) is 0 Å². The van der Waals surface area contributed by atoms with Crippen LogP contribution in [0.5, 0.6) is 0 Å². The van der Waals surface area contributed by atoms with Crippen molar-refractivity contribution in [3.05, 3.63) is 193 Å². The summed E-state index contributed by atoms with van der Waals surface area (Å²) in [5, 5.41) is 10.2. The van der Waals surface area contributed by atoms with Gasteiger partial charge in [-0.3, -0.25) is 0 Å². The molecule has 54 heavy (non-hydrogen) atoms. The predicted octanol–water partition coefficient (Wildman–Crippen LogP) is 15.1. The smallest absolute Gasteiger partial charge is 0.00262 e. The van der Waals surface area contributed by atoms with Crippen molar-refractivity contribution in [1.82, 2.24) is 0 Å². The van der Waals surface area contributed by atoms with Gasteiger partial charge in [-0.15, -0.1) is 0 Å². The van der Waals surface area contributed by atoms with E-state index in [-0.39, 0.29) is 0 Å². The standard InChI is InChI=1S/C54H40/c1-3-35-33-52(45-22-9-7-20-43(45)41(35)4-2)38-17-15-18-40(32-38)54-49-26-13-11-24-47(49)53(48-25-12-14-27-50(48)54)37-30-28-36(29-31-37)51-34-39-16-5-6-19-42(39)44-21-8-10-23-46(44)51/h3,5-6,8-19,21-34H,1,4,7,20H2,2H3. The van der Waals surface area contributed by atoms with Gasteiger partial charge in [-0.1, -0.05) is 171 Å². The average molecular weight is 689 g/mol. The molecule has 0 saturated carbocycles. The van der Waals surface area contributed by atoms with Gasteiger partial charge in [0.25, 0.3) is 0 Å². The fraction of sp³-hybridized carbons (Fsp3) is 0.0741. The minimum Gasteiger partial charge on any atom is -0.0985 e. The molecule has 9 aromatic carbocycles. The van der Waals surface area contributed by atoms with E-state index in [9.17, 15) is 0 Å². The lowest BCUT2D eigenvalue weighted by Crippen LogP contribution is -2.04. The third kappa shape index (κ3) is 5.13. The number of hydrogen-bond acceptors (Lipinski definition) is 0. The molecule has 0 heteroatoms. The molecule has 0 radical (unpaired) electrons. The van der Waals surface area contributed by atoms with E-state index >= 15 is 0 Å². The third-order valence-electron chi connectivity index (χ3n) is 11.7. The summed E-state index contributed by atoms with van der Waals surface area (Å²) in [6, 6.07) is 58.6. The molecule has 0 nitrogen and oxygen atoms in total. The van der Waals surface area contributed by atoms with Crippen LogP contribution in [0.4, 0.5) is 0 Å². The Hall–Kier alpha value is -6.50. The summed E-state index contributed by atoms with van der Waals surface area (Å²) in [5.74, 6) is 0. The van der Waals surface area contributed by atoms with Gasteiger partial charge in [0.05, 0.1) is 0 Å². The number of allylic oxidation sites excluding steroid dienone is 1. The highest BCUT2D eigenvalue weighted by Gasteiger charge is 2.20. The van der Waals surface area contributed by atoms with Crippen LogP contribution in [0.15, 0.2) is 170 Å². The van der Waals surface area contributed by atoms with Gasteiger partial charge < -0.3 is 0 Å². The first-order chi connectivity index (χ1) is 26.7. The normalized spacial score (nSPS) is 12.5. The Morgan fingerprint density at radius 1 is 0.500 bits per heavy atom. The van der Waals surface area contributed by atoms with Crippen molar-refractivity contribution < 1.29 is 0 Å². The van der Waals surface area contributed by atoms with Crippen LogP contribution in [-0.4, -0.2) is 0 Å². The van der Waals surface area contributed by atoms with Crippen molar-refractivity contribution in [2.45, 2.75) is 26.2 Å². The zero-order chi connectivity index (χ0) is 36.2. The van der Waals surface area contributed by atoms with Crippen molar-refractivity contribution in [3.8, 4) is 44.5 Å². The molecule has 0 atom stereocenters. The van der Waals surface area contributed by atoms with E-state index in [1.54, 1.807) is 0 Å².